The molecule has 3 nitrogen and oxygen atoms in total. The van der Waals surface area contributed by atoms with Crippen LogP contribution in [0.3, 0.4) is 0 Å². The molecule has 0 bridgehead atoms. The Morgan fingerprint density at radius 1 is 0.952 bits per heavy atom. The van der Waals surface area contributed by atoms with Gasteiger partial charge in [-0.3, -0.25) is 0 Å². The van der Waals surface area contributed by atoms with Crippen molar-refractivity contribution in [2.24, 2.45) is 0 Å². The molecule has 1 N–H and O–H groups in total. The summed E-state index contributed by atoms with van der Waals surface area (Å²) in [4.78, 5) is 0. The van der Waals surface area contributed by atoms with Gasteiger partial charge in [-0.1, -0.05) is 30.3 Å². The normalized spacial score (nSPS) is 16.5. The van der Waals surface area contributed by atoms with Gasteiger partial charge in [-0.2, -0.15) is 0 Å². The molecule has 3 heteroatoms. The standard InChI is InChI=1S/C18H19NO2/c1-12-15-11-18(21-3)17(20-2)10-14(15)9-16(19-12)13-7-5-4-6-8-13/h4-12,19H,1-3H3. The third-order valence-electron chi connectivity index (χ3n) is 3.81. The number of benzene rings is 2. The first-order valence-corrected chi connectivity index (χ1v) is 7.02. The van der Waals surface area contributed by atoms with Crippen LogP contribution in [0.4, 0.5) is 0 Å². The van der Waals surface area contributed by atoms with Gasteiger partial charge in [0.2, 0.25) is 0 Å². The number of hydrogen-bond donors (Lipinski definition) is 1. The predicted molar refractivity (Wildman–Crippen MR) is 85.4 cm³/mol. The third-order valence-corrected chi connectivity index (χ3v) is 3.81. The van der Waals surface area contributed by atoms with Crippen molar-refractivity contribution in [2.45, 2.75) is 13.0 Å². The summed E-state index contributed by atoms with van der Waals surface area (Å²) in [6, 6.07) is 14.6. The molecule has 2 aromatic carbocycles. The van der Waals surface area contributed by atoms with E-state index in [-0.39, 0.29) is 6.04 Å². The lowest BCUT2D eigenvalue weighted by molar-refractivity contribution is 0.354. The lowest BCUT2D eigenvalue weighted by Gasteiger charge is -2.26. The van der Waals surface area contributed by atoms with Crippen molar-refractivity contribution in [2.75, 3.05) is 14.2 Å². The van der Waals surface area contributed by atoms with E-state index in [1.807, 2.05) is 30.3 Å². The van der Waals surface area contributed by atoms with E-state index in [1.165, 1.54) is 11.1 Å². The number of ether oxygens (including phenoxy) is 2. The third kappa shape index (κ3) is 2.47. The van der Waals surface area contributed by atoms with Crippen molar-refractivity contribution in [3.8, 4) is 11.5 Å². The summed E-state index contributed by atoms with van der Waals surface area (Å²) in [5, 5.41) is 3.54. The summed E-state index contributed by atoms with van der Waals surface area (Å²) < 4.78 is 10.8. The van der Waals surface area contributed by atoms with E-state index < -0.39 is 0 Å². The number of methoxy groups -OCH3 is 2. The Balaban J connectivity index is 2.10. The van der Waals surface area contributed by atoms with Gasteiger partial charge in [-0.05, 0) is 41.8 Å². The Hall–Kier alpha value is -2.42. The molecule has 0 saturated carbocycles. The zero-order valence-corrected chi connectivity index (χ0v) is 12.5. The molecule has 1 aliphatic heterocycles. The first kappa shape index (κ1) is 13.6. The quantitative estimate of drug-likeness (QED) is 0.926. The molecule has 0 aliphatic carbocycles. The molecule has 108 valence electrons. The fourth-order valence-electron chi connectivity index (χ4n) is 2.70. The molecule has 0 fully saturated rings. The largest absolute Gasteiger partial charge is 0.493 e. The Morgan fingerprint density at radius 2 is 1.62 bits per heavy atom. The van der Waals surface area contributed by atoms with Crippen molar-refractivity contribution in [1.29, 1.82) is 0 Å². The van der Waals surface area contributed by atoms with E-state index in [9.17, 15) is 0 Å². The topological polar surface area (TPSA) is 30.5 Å². The maximum Gasteiger partial charge on any atom is 0.161 e. The molecule has 2 aromatic rings. The minimum atomic E-state index is 0.222. The van der Waals surface area contributed by atoms with Crippen LogP contribution in [0.1, 0.15) is 29.7 Å². The lowest BCUT2D eigenvalue weighted by atomic mass is 9.94. The van der Waals surface area contributed by atoms with Gasteiger partial charge in [-0.25, -0.2) is 0 Å². The Kier molecular flexibility index (Phi) is 3.57. The SMILES string of the molecule is COc1cc2c(cc1OC)C(C)NC(c1ccccc1)=C2. The van der Waals surface area contributed by atoms with Crippen molar-refractivity contribution in [3.63, 3.8) is 0 Å². The summed E-state index contributed by atoms with van der Waals surface area (Å²) in [5.74, 6) is 1.52. The zero-order valence-electron chi connectivity index (χ0n) is 12.5. The summed E-state index contributed by atoms with van der Waals surface area (Å²) >= 11 is 0. The Morgan fingerprint density at radius 3 is 2.29 bits per heavy atom. The number of fused-ring (bicyclic) bond motifs is 1. The molecule has 1 unspecified atom stereocenters. The molecule has 1 aliphatic rings. The smallest absolute Gasteiger partial charge is 0.161 e. The molecular formula is C18H19NO2. The van der Waals surface area contributed by atoms with Crippen molar-refractivity contribution in [1.82, 2.24) is 5.32 Å². The van der Waals surface area contributed by atoms with Gasteiger partial charge in [0.15, 0.2) is 11.5 Å². The molecule has 0 radical (unpaired) electrons. The van der Waals surface area contributed by atoms with Gasteiger partial charge in [0, 0.05) is 11.7 Å². The first-order valence-electron chi connectivity index (χ1n) is 7.02. The minimum Gasteiger partial charge on any atom is -0.493 e. The summed E-state index contributed by atoms with van der Waals surface area (Å²) in [6.07, 6.45) is 2.16. The average molecular weight is 281 g/mol. The predicted octanol–water partition coefficient (Wildman–Crippen LogP) is 3.87. The van der Waals surface area contributed by atoms with Crippen LogP contribution >= 0.6 is 0 Å². The van der Waals surface area contributed by atoms with Crippen LogP contribution in [-0.2, 0) is 0 Å². The van der Waals surface area contributed by atoms with Gasteiger partial charge in [0.25, 0.3) is 0 Å². The van der Waals surface area contributed by atoms with Gasteiger partial charge >= 0.3 is 0 Å². The molecule has 0 amide bonds. The second kappa shape index (κ2) is 5.52. The molecule has 1 heterocycles. The highest BCUT2D eigenvalue weighted by Gasteiger charge is 2.20. The van der Waals surface area contributed by atoms with E-state index in [2.05, 4.69) is 30.4 Å². The van der Waals surface area contributed by atoms with Crippen LogP contribution in [0.5, 0.6) is 11.5 Å². The Bertz CT molecular complexity index is 677. The van der Waals surface area contributed by atoms with E-state index in [1.54, 1.807) is 14.2 Å². The van der Waals surface area contributed by atoms with Crippen LogP contribution in [0, 0.1) is 0 Å². The Labute approximate surface area is 125 Å². The first-order chi connectivity index (χ1) is 10.2. The van der Waals surface area contributed by atoms with Gasteiger partial charge < -0.3 is 14.8 Å². The highest BCUT2D eigenvalue weighted by atomic mass is 16.5. The van der Waals surface area contributed by atoms with Crippen LogP contribution in [-0.4, -0.2) is 14.2 Å². The summed E-state index contributed by atoms with van der Waals surface area (Å²) in [7, 11) is 3.33. The molecule has 0 aromatic heterocycles. The van der Waals surface area contributed by atoms with Crippen molar-refractivity contribution in [3.05, 3.63) is 59.2 Å². The summed E-state index contributed by atoms with van der Waals surface area (Å²) in [5.41, 5.74) is 4.69. The maximum atomic E-state index is 5.40. The van der Waals surface area contributed by atoms with Crippen LogP contribution in [0.15, 0.2) is 42.5 Å². The molecule has 0 saturated heterocycles. The minimum absolute atomic E-state index is 0.222. The van der Waals surface area contributed by atoms with Gasteiger partial charge in [-0.15, -0.1) is 0 Å². The van der Waals surface area contributed by atoms with Crippen LogP contribution < -0.4 is 14.8 Å². The van der Waals surface area contributed by atoms with E-state index in [0.29, 0.717) is 0 Å². The van der Waals surface area contributed by atoms with E-state index in [0.717, 1.165) is 22.8 Å². The molecular weight excluding hydrogens is 262 g/mol. The van der Waals surface area contributed by atoms with Crippen molar-refractivity contribution < 1.29 is 9.47 Å². The highest BCUT2D eigenvalue weighted by Crippen LogP contribution is 2.37. The second-order valence-electron chi connectivity index (χ2n) is 5.13. The van der Waals surface area contributed by atoms with E-state index >= 15 is 0 Å². The second-order valence-corrected chi connectivity index (χ2v) is 5.13. The van der Waals surface area contributed by atoms with Crippen LogP contribution in [0.2, 0.25) is 0 Å². The fraction of sp³-hybridized carbons (Fsp3) is 0.222. The maximum absolute atomic E-state index is 5.40. The molecule has 21 heavy (non-hydrogen) atoms. The van der Waals surface area contributed by atoms with Crippen LogP contribution in [0.25, 0.3) is 11.8 Å². The fourth-order valence-corrected chi connectivity index (χ4v) is 2.70. The van der Waals surface area contributed by atoms with Gasteiger partial charge in [0.05, 0.1) is 14.2 Å². The highest BCUT2D eigenvalue weighted by molar-refractivity contribution is 5.84. The van der Waals surface area contributed by atoms with E-state index in [4.69, 9.17) is 9.47 Å². The molecule has 0 spiro atoms. The summed E-state index contributed by atoms with van der Waals surface area (Å²) in [6.45, 7) is 2.15. The molecule has 3 rings (SSSR count). The van der Waals surface area contributed by atoms with Crippen molar-refractivity contribution >= 4 is 11.8 Å². The monoisotopic (exact) mass is 281 g/mol. The van der Waals surface area contributed by atoms with Gasteiger partial charge in [0.1, 0.15) is 0 Å². The zero-order chi connectivity index (χ0) is 14.8. The number of hydrogen-bond acceptors (Lipinski definition) is 3. The lowest BCUT2D eigenvalue weighted by Crippen LogP contribution is -2.21. The number of nitrogens with one attached hydrogen (secondary N) is 1. The average Bonchev–Trinajstić information content (AvgIpc) is 2.54. The number of rotatable bonds is 3. The molecule has 1 atom stereocenters.